The van der Waals surface area contributed by atoms with Crippen molar-refractivity contribution in [2.45, 2.75) is 37.3 Å². The fourth-order valence-corrected chi connectivity index (χ4v) is 3.07. The zero-order valence-electron chi connectivity index (χ0n) is 8.92. The molecule has 1 fully saturated rings. The molecule has 1 aliphatic carbocycles. The van der Waals surface area contributed by atoms with Gasteiger partial charge in [-0.05, 0) is 37.0 Å². The number of hydrogen-bond donors (Lipinski definition) is 2. The third-order valence-corrected chi connectivity index (χ3v) is 4.00. The SMILES string of the molecule is NC1CCC(O)(Cc2ccc(Br)cc2Cl)C1. The van der Waals surface area contributed by atoms with Crippen LogP contribution in [0, 0.1) is 0 Å². The largest absolute Gasteiger partial charge is 0.389 e. The van der Waals surface area contributed by atoms with Gasteiger partial charge in [-0.15, -0.1) is 0 Å². The molecule has 4 heteroatoms. The number of rotatable bonds is 2. The van der Waals surface area contributed by atoms with Crippen LogP contribution < -0.4 is 5.73 Å². The van der Waals surface area contributed by atoms with Gasteiger partial charge < -0.3 is 10.8 Å². The number of benzene rings is 1. The highest BCUT2D eigenvalue weighted by molar-refractivity contribution is 9.10. The predicted molar refractivity (Wildman–Crippen MR) is 69.6 cm³/mol. The first-order valence-electron chi connectivity index (χ1n) is 5.40. The van der Waals surface area contributed by atoms with Gasteiger partial charge in [0.1, 0.15) is 0 Å². The molecule has 0 amide bonds. The van der Waals surface area contributed by atoms with Gasteiger partial charge in [0.15, 0.2) is 0 Å². The van der Waals surface area contributed by atoms with E-state index in [-0.39, 0.29) is 6.04 Å². The molecule has 0 aliphatic heterocycles. The molecular weight excluding hydrogens is 289 g/mol. The van der Waals surface area contributed by atoms with Crippen LogP contribution in [0.5, 0.6) is 0 Å². The molecule has 0 radical (unpaired) electrons. The van der Waals surface area contributed by atoms with Crippen molar-refractivity contribution in [3.63, 3.8) is 0 Å². The first-order chi connectivity index (χ1) is 7.48. The Hall–Kier alpha value is -0.0900. The molecule has 88 valence electrons. The summed E-state index contributed by atoms with van der Waals surface area (Å²) < 4.78 is 0.955. The van der Waals surface area contributed by atoms with Crippen LogP contribution in [0.1, 0.15) is 24.8 Å². The van der Waals surface area contributed by atoms with Crippen LogP contribution in [-0.2, 0) is 6.42 Å². The lowest BCUT2D eigenvalue weighted by Crippen LogP contribution is -2.30. The van der Waals surface area contributed by atoms with E-state index in [0.29, 0.717) is 17.9 Å². The Labute approximate surface area is 109 Å². The van der Waals surface area contributed by atoms with Crippen LogP contribution in [0.2, 0.25) is 5.02 Å². The minimum atomic E-state index is -0.670. The van der Waals surface area contributed by atoms with Gasteiger partial charge in [0.2, 0.25) is 0 Å². The van der Waals surface area contributed by atoms with E-state index in [1.54, 1.807) is 0 Å². The van der Waals surface area contributed by atoms with Crippen molar-refractivity contribution in [1.82, 2.24) is 0 Å². The lowest BCUT2D eigenvalue weighted by Gasteiger charge is -2.23. The molecular formula is C12H15BrClNO. The molecule has 2 unspecified atom stereocenters. The van der Waals surface area contributed by atoms with Gasteiger partial charge >= 0.3 is 0 Å². The summed E-state index contributed by atoms with van der Waals surface area (Å²) in [5.41, 5.74) is 6.14. The Morgan fingerprint density at radius 2 is 2.31 bits per heavy atom. The van der Waals surface area contributed by atoms with E-state index in [1.165, 1.54) is 0 Å². The van der Waals surface area contributed by atoms with Crippen LogP contribution in [0.4, 0.5) is 0 Å². The summed E-state index contributed by atoms with van der Waals surface area (Å²) in [6, 6.07) is 5.88. The van der Waals surface area contributed by atoms with Crippen molar-refractivity contribution in [3.05, 3.63) is 33.3 Å². The molecule has 0 heterocycles. The number of hydrogen-bond acceptors (Lipinski definition) is 2. The Morgan fingerprint density at radius 1 is 1.56 bits per heavy atom. The quantitative estimate of drug-likeness (QED) is 0.882. The lowest BCUT2D eigenvalue weighted by molar-refractivity contribution is 0.0469. The summed E-state index contributed by atoms with van der Waals surface area (Å²) in [6.45, 7) is 0. The molecule has 1 aliphatic rings. The summed E-state index contributed by atoms with van der Waals surface area (Å²) >= 11 is 9.50. The molecule has 2 rings (SSSR count). The van der Waals surface area contributed by atoms with Crippen LogP contribution >= 0.6 is 27.5 Å². The van der Waals surface area contributed by atoms with Crippen LogP contribution in [0.15, 0.2) is 22.7 Å². The maximum atomic E-state index is 10.4. The Morgan fingerprint density at radius 3 is 2.88 bits per heavy atom. The van der Waals surface area contributed by atoms with Gasteiger partial charge in [-0.3, -0.25) is 0 Å². The first kappa shape index (κ1) is 12.4. The van der Waals surface area contributed by atoms with E-state index in [0.717, 1.165) is 22.9 Å². The van der Waals surface area contributed by atoms with Gasteiger partial charge in [0.05, 0.1) is 5.60 Å². The molecule has 2 atom stereocenters. The molecule has 0 saturated heterocycles. The molecule has 0 bridgehead atoms. The smallest absolute Gasteiger partial charge is 0.0703 e. The normalized spacial score (nSPS) is 29.6. The summed E-state index contributed by atoms with van der Waals surface area (Å²) in [6.07, 6.45) is 2.91. The second-order valence-corrected chi connectivity index (χ2v) is 5.96. The molecule has 1 saturated carbocycles. The minimum Gasteiger partial charge on any atom is -0.389 e. The Balaban J connectivity index is 2.14. The lowest BCUT2D eigenvalue weighted by atomic mass is 9.93. The van der Waals surface area contributed by atoms with E-state index in [1.807, 2.05) is 18.2 Å². The van der Waals surface area contributed by atoms with E-state index in [4.69, 9.17) is 17.3 Å². The fourth-order valence-electron chi connectivity index (χ4n) is 2.33. The maximum absolute atomic E-state index is 10.4. The van der Waals surface area contributed by atoms with E-state index in [2.05, 4.69) is 15.9 Å². The van der Waals surface area contributed by atoms with Crippen molar-refractivity contribution in [2.24, 2.45) is 5.73 Å². The summed E-state index contributed by atoms with van der Waals surface area (Å²) in [5, 5.41) is 11.1. The third kappa shape index (κ3) is 2.77. The maximum Gasteiger partial charge on any atom is 0.0703 e. The number of halogens is 2. The molecule has 3 N–H and O–H groups in total. The zero-order valence-corrected chi connectivity index (χ0v) is 11.3. The zero-order chi connectivity index (χ0) is 11.8. The average molecular weight is 305 g/mol. The van der Waals surface area contributed by atoms with Gasteiger partial charge in [0, 0.05) is 22.0 Å². The monoisotopic (exact) mass is 303 g/mol. The van der Waals surface area contributed by atoms with Crippen LogP contribution in [0.3, 0.4) is 0 Å². The summed E-state index contributed by atoms with van der Waals surface area (Å²) in [4.78, 5) is 0. The van der Waals surface area contributed by atoms with Gasteiger partial charge in [0.25, 0.3) is 0 Å². The highest BCUT2D eigenvalue weighted by Crippen LogP contribution is 2.34. The fraction of sp³-hybridized carbons (Fsp3) is 0.500. The van der Waals surface area contributed by atoms with Crippen molar-refractivity contribution in [1.29, 1.82) is 0 Å². The minimum absolute atomic E-state index is 0.124. The standard InChI is InChI=1S/C12H15BrClNO/c13-9-2-1-8(11(14)5-9)6-12(16)4-3-10(15)7-12/h1-2,5,10,16H,3-4,6-7,15H2. The van der Waals surface area contributed by atoms with Crippen molar-refractivity contribution < 1.29 is 5.11 Å². The molecule has 1 aromatic rings. The van der Waals surface area contributed by atoms with E-state index < -0.39 is 5.60 Å². The second-order valence-electron chi connectivity index (χ2n) is 4.64. The van der Waals surface area contributed by atoms with Gasteiger partial charge in [-0.2, -0.15) is 0 Å². The predicted octanol–water partition coefficient (Wildman–Crippen LogP) is 2.89. The topological polar surface area (TPSA) is 46.2 Å². The Bertz CT molecular complexity index is 399. The summed E-state index contributed by atoms with van der Waals surface area (Å²) in [7, 11) is 0. The van der Waals surface area contributed by atoms with Gasteiger partial charge in [-0.25, -0.2) is 0 Å². The highest BCUT2D eigenvalue weighted by Gasteiger charge is 2.36. The number of nitrogens with two attached hydrogens (primary N) is 1. The molecule has 2 nitrogen and oxygen atoms in total. The van der Waals surface area contributed by atoms with Crippen molar-refractivity contribution in [2.75, 3.05) is 0 Å². The number of aliphatic hydroxyl groups is 1. The highest BCUT2D eigenvalue weighted by atomic mass is 79.9. The Kier molecular flexibility index (Phi) is 3.59. The molecule has 0 aromatic heterocycles. The third-order valence-electron chi connectivity index (χ3n) is 3.16. The first-order valence-corrected chi connectivity index (χ1v) is 6.57. The van der Waals surface area contributed by atoms with Gasteiger partial charge in [-0.1, -0.05) is 33.6 Å². The van der Waals surface area contributed by atoms with Crippen LogP contribution in [0.25, 0.3) is 0 Å². The molecule has 0 spiro atoms. The second kappa shape index (κ2) is 4.65. The van der Waals surface area contributed by atoms with E-state index >= 15 is 0 Å². The van der Waals surface area contributed by atoms with Crippen molar-refractivity contribution >= 4 is 27.5 Å². The van der Waals surface area contributed by atoms with Crippen molar-refractivity contribution in [3.8, 4) is 0 Å². The average Bonchev–Trinajstić information content (AvgIpc) is 2.52. The van der Waals surface area contributed by atoms with E-state index in [9.17, 15) is 5.11 Å². The summed E-state index contributed by atoms with van der Waals surface area (Å²) in [5.74, 6) is 0. The van der Waals surface area contributed by atoms with Crippen LogP contribution in [-0.4, -0.2) is 16.7 Å². The molecule has 1 aromatic carbocycles. The molecule has 16 heavy (non-hydrogen) atoms.